The van der Waals surface area contributed by atoms with Gasteiger partial charge in [-0.25, -0.2) is 0 Å². The van der Waals surface area contributed by atoms with Crippen LogP contribution in [0.4, 0.5) is 0 Å². The molecule has 76 valence electrons. The molecule has 1 aromatic rings. The summed E-state index contributed by atoms with van der Waals surface area (Å²) in [5, 5.41) is 4.84. The highest BCUT2D eigenvalue weighted by atomic mass is 32.1. The zero-order valence-corrected chi connectivity index (χ0v) is 8.77. The van der Waals surface area contributed by atoms with E-state index in [4.69, 9.17) is 5.73 Å². The number of carbonyl (C=O) groups excluding carboxylic acids is 1. The maximum atomic E-state index is 11.6. The number of hydrogen-bond acceptors (Lipinski definition) is 3. The van der Waals surface area contributed by atoms with Gasteiger partial charge < -0.3 is 11.1 Å². The molecule has 1 aliphatic carbocycles. The summed E-state index contributed by atoms with van der Waals surface area (Å²) < 4.78 is 0. The minimum atomic E-state index is 0.0275. The van der Waals surface area contributed by atoms with Gasteiger partial charge in [-0.15, -0.1) is 11.3 Å². The van der Waals surface area contributed by atoms with Crippen molar-refractivity contribution in [1.29, 1.82) is 0 Å². The summed E-state index contributed by atoms with van der Waals surface area (Å²) in [7, 11) is 0. The normalized spacial score (nSPS) is 17.8. The first-order valence-corrected chi connectivity index (χ1v) is 5.65. The molecule has 1 fully saturated rings. The molecule has 1 heterocycles. The van der Waals surface area contributed by atoms with Gasteiger partial charge in [0.05, 0.1) is 4.88 Å². The van der Waals surface area contributed by atoms with E-state index in [0.717, 1.165) is 24.3 Å². The Kier molecular flexibility index (Phi) is 2.56. The summed E-state index contributed by atoms with van der Waals surface area (Å²) in [5.74, 6) is 0.0275. The molecule has 0 saturated heterocycles. The van der Waals surface area contributed by atoms with Crippen LogP contribution in [0.1, 0.15) is 22.5 Å². The van der Waals surface area contributed by atoms with Crippen molar-refractivity contribution in [1.82, 2.24) is 5.32 Å². The molecule has 0 aromatic carbocycles. The lowest BCUT2D eigenvalue weighted by Gasteiger charge is -2.12. The Morgan fingerprint density at radius 3 is 2.93 bits per heavy atom. The predicted molar refractivity (Wildman–Crippen MR) is 57.4 cm³/mol. The molecule has 1 saturated carbocycles. The van der Waals surface area contributed by atoms with Crippen LogP contribution in [0.3, 0.4) is 0 Å². The van der Waals surface area contributed by atoms with Crippen molar-refractivity contribution in [3.8, 4) is 0 Å². The lowest BCUT2D eigenvalue weighted by Crippen LogP contribution is -2.33. The minimum absolute atomic E-state index is 0.0275. The second-order valence-electron chi connectivity index (χ2n) is 3.86. The van der Waals surface area contributed by atoms with Crippen LogP contribution in [0.15, 0.2) is 17.5 Å². The standard InChI is InChI=1S/C10H14N2OS/c11-6-10(3-4-10)7-12-9(13)8-2-1-5-14-8/h1-2,5H,3-4,6-7,11H2,(H,12,13). The zero-order chi connectivity index (χ0) is 10.0. The molecule has 4 heteroatoms. The molecule has 2 rings (SSSR count). The Bertz CT molecular complexity index is 317. The topological polar surface area (TPSA) is 55.1 Å². The summed E-state index contributed by atoms with van der Waals surface area (Å²) in [6.07, 6.45) is 2.29. The van der Waals surface area contributed by atoms with Crippen LogP contribution in [-0.4, -0.2) is 19.0 Å². The summed E-state index contributed by atoms with van der Waals surface area (Å²) in [6.45, 7) is 1.40. The molecular weight excluding hydrogens is 196 g/mol. The average Bonchev–Trinajstić information content (AvgIpc) is 2.78. The molecule has 0 bridgehead atoms. The first-order chi connectivity index (χ1) is 6.76. The predicted octanol–water partition coefficient (Wildman–Crippen LogP) is 1.22. The van der Waals surface area contributed by atoms with E-state index in [2.05, 4.69) is 5.32 Å². The van der Waals surface area contributed by atoms with Crippen LogP contribution in [-0.2, 0) is 0 Å². The highest BCUT2D eigenvalue weighted by molar-refractivity contribution is 7.12. The Balaban J connectivity index is 1.84. The maximum Gasteiger partial charge on any atom is 0.261 e. The number of nitrogens with one attached hydrogen (secondary N) is 1. The number of amides is 1. The van der Waals surface area contributed by atoms with Gasteiger partial charge in [0.2, 0.25) is 0 Å². The summed E-state index contributed by atoms with van der Waals surface area (Å²) in [4.78, 5) is 12.3. The van der Waals surface area contributed by atoms with E-state index in [1.54, 1.807) is 0 Å². The highest BCUT2D eigenvalue weighted by Gasteiger charge is 2.41. The molecule has 0 radical (unpaired) electrons. The molecule has 0 aliphatic heterocycles. The van der Waals surface area contributed by atoms with Crippen molar-refractivity contribution < 1.29 is 4.79 Å². The molecule has 3 N–H and O–H groups in total. The second-order valence-corrected chi connectivity index (χ2v) is 4.81. The number of hydrogen-bond donors (Lipinski definition) is 2. The lowest BCUT2D eigenvalue weighted by molar-refractivity contribution is 0.0949. The molecule has 1 aliphatic rings. The number of rotatable bonds is 4. The third-order valence-corrected chi connectivity index (χ3v) is 3.63. The van der Waals surface area contributed by atoms with Gasteiger partial charge in [0.25, 0.3) is 5.91 Å². The van der Waals surface area contributed by atoms with Crippen LogP contribution in [0.25, 0.3) is 0 Å². The summed E-state index contributed by atoms with van der Waals surface area (Å²) in [6, 6.07) is 3.72. The van der Waals surface area contributed by atoms with Gasteiger partial charge in [-0.3, -0.25) is 4.79 Å². The fourth-order valence-electron chi connectivity index (χ4n) is 1.39. The van der Waals surface area contributed by atoms with Crippen molar-refractivity contribution in [3.63, 3.8) is 0 Å². The first kappa shape index (κ1) is 9.68. The highest BCUT2D eigenvalue weighted by Crippen LogP contribution is 2.43. The molecular formula is C10H14N2OS. The van der Waals surface area contributed by atoms with Crippen LogP contribution in [0.5, 0.6) is 0 Å². The SMILES string of the molecule is NCC1(CNC(=O)c2cccs2)CC1. The van der Waals surface area contributed by atoms with Crippen LogP contribution >= 0.6 is 11.3 Å². The number of nitrogens with two attached hydrogens (primary N) is 1. The zero-order valence-electron chi connectivity index (χ0n) is 7.95. The van der Waals surface area contributed by atoms with E-state index >= 15 is 0 Å². The third kappa shape index (κ3) is 1.96. The van der Waals surface area contributed by atoms with Crippen molar-refractivity contribution >= 4 is 17.2 Å². The third-order valence-electron chi connectivity index (χ3n) is 2.76. The molecule has 0 spiro atoms. The average molecular weight is 210 g/mol. The van der Waals surface area contributed by atoms with Gasteiger partial charge in [-0.1, -0.05) is 6.07 Å². The smallest absolute Gasteiger partial charge is 0.261 e. The first-order valence-electron chi connectivity index (χ1n) is 4.78. The summed E-state index contributed by atoms with van der Waals surface area (Å²) >= 11 is 1.47. The quantitative estimate of drug-likeness (QED) is 0.785. The largest absolute Gasteiger partial charge is 0.351 e. The summed E-state index contributed by atoms with van der Waals surface area (Å²) in [5.41, 5.74) is 5.84. The van der Waals surface area contributed by atoms with Gasteiger partial charge in [0.15, 0.2) is 0 Å². The Hall–Kier alpha value is -0.870. The van der Waals surface area contributed by atoms with Crippen LogP contribution in [0, 0.1) is 5.41 Å². The van der Waals surface area contributed by atoms with Crippen molar-refractivity contribution in [2.75, 3.05) is 13.1 Å². The fraction of sp³-hybridized carbons (Fsp3) is 0.500. The second kappa shape index (κ2) is 3.71. The molecule has 0 unspecified atom stereocenters. The van der Waals surface area contributed by atoms with E-state index in [9.17, 15) is 4.79 Å². The molecule has 3 nitrogen and oxygen atoms in total. The van der Waals surface area contributed by atoms with E-state index in [-0.39, 0.29) is 11.3 Å². The fourth-order valence-corrected chi connectivity index (χ4v) is 2.03. The van der Waals surface area contributed by atoms with Crippen molar-refractivity contribution in [3.05, 3.63) is 22.4 Å². The maximum absolute atomic E-state index is 11.6. The minimum Gasteiger partial charge on any atom is -0.351 e. The number of carbonyl (C=O) groups is 1. The van der Waals surface area contributed by atoms with Crippen LogP contribution in [0.2, 0.25) is 0 Å². The lowest BCUT2D eigenvalue weighted by atomic mass is 10.1. The Morgan fingerprint density at radius 2 is 2.43 bits per heavy atom. The van der Waals surface area contributed by atoms with Crippen molar-refractivity contribution in [2.45, 2.75) is 12.8 Å². The monoisotopic (exact) mass is 210 g/mol. The Labute approximate surface area is 87.3 Å². The molecule has 0 atom stereocenters. The van der Waals surface area contributed by atoms with Gasteiger partial charge in [0.1, 0.15) is 0 Å². The molecule has 14 heavy (non-hydrogen) atoms. The van der Waals surface area contributed by atoms with E-state index in [1.807, 2.05) is 17.5 Å². The number of thiophene rings is 1. The Morgan fingerprint density at radius 1 is 1.64 bits per heavy atom. The van der Waals surface area contributed by atoms with E-state index < -0.39 is 0 Å². The molecule has 1 aromatic heterocycles. The van der Waals surface area contributed by atoms with Crippen LogP contribution < -0.4 is 11.1 Å². The van der Waals surface area contributed by atoms with Gasteiger partial charge in [0, 0.05) is 12.0 Å². The molecule has 1 amide bonds. The van der Waals surface area contributed by atoms with Crippen molar-refractivity contribution in [2.24, 2.45) is 11.1 Å². The van der Waals surface area contributed by atoms with E-state index in [1.165, 1.54) is 11.3 Å². The van der Waals surface area contributed by atoms with Gasteiger partial charge in [-0.2, -0.15) is 0 Å². The van der Waals surface area contributed by atoms with E-state index in [0.29, 0.717) is 6.54 Å². The van der Waals surface area contributed by atoms with Gasteiger partial charge >= 0.3 is 0 Å². The van der Waals surface area contributed by atoms with Gasteiger partial charge in [-0.05, 0) is 30.8 Å².